The number of carbonyl (C=O) groups is 2. The quantitative estimate of drug-likeness (QED) is 0.642. The summed E-state index contributed by atoms with van der Waals surface area (Å²) in [5.41, 5.74) is 2.58. The van der Waals surface area contributed by atoms with E-state index in [0.717, 1.165) is 26.7 Å². The van der Waals surface area contributed by atoms with Gasteiger partial charge in [0.2, 0.25) is 5.91 Å². The van der Waals surface area contributed by atoms with Gasteiger partial charge >= 0.3 is 0 Å². The fraction of sp³-hybridized carbons (Fsp3) is 0.250. The molecule has 1 saturated heterocycles. The van der Waals surface area contributed by atoms with Gasteiger partial charge in [-0.3, -0.25) is 9.59 Å². The third-order valence-electron chi connectivity index (χ3n) is 4.76. The predicted molar refractivity (Wildman–Crippen MR) is 111 cm³/mol. The van der Waals surface area contributed by atoms with Crippen molar-refractivity contribution in [2.45, 2.75) is 25.8 Å². The maximum absolute atomic E-state index is 12.8. The summed E-state index contributed by atoms with van der Waals surface area (Å²) in [6.07, 6.45) is 1.48. The van der Waals surface area contributed by atoms with Crippen molar-refractivity contribution >= 4 is 54.4 Å². The van der Waals surface area contributed by atoms with Gasteiger partial charge in [0.15, 0.2) is 5.13 Å². The van der Waals surface area contributed by atoms with Gasteiger partial charge in [-0.2, -0.15) is 0 Å². The van der Waals surface area contributed by atoms with Crippen LogP contribution < -0.4 is 5.32 Å². The molecular formula is C20H18BrN3O2S. The number of carbonyl (C=O) groups excluding carboxylic acids is 2. The van der Waals surface area contributed by atoms with Crippen LogP contribution in [0, 0.1) is 6.92 Å². The second kappa shape index (κ2) is 7.40. The van der Waals surface area contributed by atoms with Gasteiger partial charge < -0.3 is 10.2 Å². The lowest BCUT2D eigenvalue weighted by atomic mass is 10.1. The normalized spacial score (nSPS) is 16.7. The van der Waals surface area contributed by atoms with Crippen LogP contribution in [0.25, 0.3) is 10.2 Å². The summed E-state index contributed by atoms with van der Waals surface area (Å²) in [7, 11) is 0. The Morgan fingerprint density at radius 2 is 2.00 bits per heavy atom. The van der Waals surface area contributed by atoms with E-state index in [2.05, 4.69) is 26.2 Å². The highest BCUT2D eigenvalue weighted by Crippen LogP contribution is 2.29. The molecule has 0 saturated carbocycles. The maximum atomic E-state index is 12.8. The van der Waals surface area contributed by atoms with Crippen molar-refractivity contribution in [3.05, 3.63) is 58.1 Å². The Labute approximate surface area is 169 Å². The van der Waals surface area contributed by atoms with E-state index in [1.807, 2.05) is 37.3 Å². The van der Waals surface area contributed by atoms with Crippen LogP contribution >= 0.6 is 27.3 Å². The summed E-state index contributed by atoms with van der Waals surface area (Å²) in [5.74, 6) is -0.282. The smallest absolute Gasteiger partial charge is 0.254 e. The van der Waals surface area contributed by atoms with Gasteiger partial charge in [0.05, 0.1) is 10.2 Å². The summed E-state index contributed by atoms with van der Waals surface area (Å²) in [6.45, 7) is 2.59. The van der Waals surface area contributed by atoms with Crippen LogP contribution in [0.1, 0.15) is 28.8 Å². The number of fused-ring (bicyclic) bond motifs is 1. The molecule has 1 atom stereocenters. The zero-order valence-electron chi connectivity index (χ0n) is 14.7. The van der Waals surface area contributed by atoms with E-state index in [-0.39, 0.29) is 11.8 Å². The lowest BCUT2D eigenvalue weighted by Gasteiger charge is -2.23. The number of para-hydroxylation sites is 1. The van der Waals surface area contributed by atoms with Gasteiger partial charge in [0, 0.05) is 16.6 Å². The van der Waals surface area contributed by atoms with Crippen LogP contribution in [0.4, 0.5) is 5.13 Å². The second-order valence-electron chi connectivity index (χ2n) is 6.59. The minimum atomic E-state index is -0.464. The Kier molecular flexibility index (Phi) is 4.97. The molecule has 7 heteroatoms. The number of hydrogen-bond donors (Lipinski definition) is 1. The van der Waals surface area contributed by atoms with Crippen molar-refractivity contribution in [3.63, 3.8) is 0 Å². The molecule has 0 bridgehead atoms. The van der Waals surface area contributed by atoms with Gasteiger partial charge in [0.25, 0.3) is 5.91 Å². The van der Waals surface area contributed by atoms with Crippen LogP contribution in [0.5, 0.6) is 0 Å². The molecule has 1 aromatic heterocycles. The van der Waals surface area contributed by atoms with Crippen molar-refractivity contribution in [3.8, 4) is 0 Å². The number of anilines is 1. The molecule has 0 spiro atoms. The molecule has 2 heterocycles. The van der Waals surface area contributed by atoms with Crippen LogP contribution in [0.15, 0.2) is 46.9 Å². The van der Waals surface area contributed by atoms with Crippen LogP contribution in [0.2, 0.25) is 0 Å². The molecule has 27 heavy (non-hydrogen) atoms. The zero-order chi connectivity index (χ0) is 19.0. The fourth-order valence-corrected chi connectivity index (χ4v) is 4.58. The van der Waals surface area contributed by atoms with Gasteiger partial charge in [-0.1, -0.05) is 39.4 Å². The molecule has 1 fully saturated rings. The minimum absolute atomic E-state index is 0.111. The lowest BCUT2D eigenvalue weighted by Crippen LogP contribution is -2.43. The second-order valence-corrected chi connectivity index (χ2v) is 8.54. The molecule has 1 N–H and O–H groups in total. The van der Waals surface area contributed by atoms with Crippen LogP contribution in [-0.4, -0.2) is 34.3 Å². The topological polar surface area (TPSA) is 62.3 Å². The van der Waals surface area contributed by atoms with Crippen LogP contribution in [-0.2, 0) is 4.79 Å². The van der Waals surface area contributed by atoms with Crippen LogP contribution in [0.3, 0.4) is 0 Å². The van der Waals surface area contributed by atoms with E-state index in [1.165, 1.54) is 11.3 Å². The number of halogens is 1. The SMILES string of the molecule is Cc1cccc2sc(NC(=O)C3CCCN3C(=O)c3ccc(Br)cc3)nc12. The van der Waals surface area contributed by atoms with E-state index in [9.17, 15) is 9.59 Å². The van der Waals surface area contributed by atoms with E-state index in [1.54, 1.807) is 17.0 Å². The summed E-state index contributed by atoms with van der Waals surface area (Å²) in [4.78, 5) is 31.9. The first-order valence-corrected chi connectivity index (χ1v) is 10.4. The Balaban J connectivity index is 1.52. The van der Waals surface area contributed by atoms with Crippen molar-refractivity contribution < 1.29 is 9.59 Å². The molecule has 2 amide bonds. The molecule has 1 aliphatic rings. The molecule has 5 nitrogen and oxygen atoms in total. The highest BCUT2D eigenvalue weighted by atomic mass is 79.9. The van der Waals surface area contributed by atoms with Gasteiger partial charge in [-0.05, 0) is 55.7 Å². The Morgan fingerprint density at radius 3 is 2.74 bits per heavy atom. The Hall–Kier alpha value is -2.25. The van der Waals surface area contributed by atoms with Gasteiger partial charge in [0.1, 0.15) is 6.04 Å². The first-order valence-electron chi connectivity index (χ1n) is 8.76. The zero-order valence-corrected chi connectivity index (χ0v) is 17.1. The fourth-order valence-electron chi connectivity index (χ4n) is 3.37. The van der Waals surface area contributed by atoms with E-state index < -0.39 is 6.04 Å². The van der Waals surface area contributed by atoms with Crippen molar-refractivity contribution in [2.24, 2.45) is 0 Å². The molecular weight excluding hydrogens is 426 g/mol. The number of amides is 2. The molecule has 1 unspecified atom stereocenters. The first kappa shape index (κ1) is 18.1. The number of benzene rings is 2. The highest BCUT2D eigenvalue weighted by molar-refractivity contribution is 9.10. The number of likely N-dealkylation sites (tertiary alicyclic amines) is 1. The number of aromatic nitrogens is 1. The maximum Gasteiger partial charge on any atom is 0.254 e. The third-order valence-corrected chi connectivity index (χ3v) is 6.22. The minimum Gasteiger partial charge on any atom is -0.327 e. The highest BCUT2D eigenvalue weighted by Gasteiger charge is 2.34. The lowest BCUT2D eigenvalue weighted by molar-refractivity contribution is -0.119. The largest absolute Gasteiger partial charge is 0.327 e. The molecule has 138 valence electrons. The Morgan fingerprint density at radius 1 is 1.22 bits per heavy atom. The number of nitrogens with zero attached hydrogens (tertiary/aromatic N) is 2. The molecule has 0 aliphatic carbocycles. The number of aryl methyl sites for hydroxylation is 1. The first-order chi connectivity index (χ1) is 13.0. The molecule has 3 aromatic rings. The standard InChI is InChI=1S/C20H18BrN3O2S/c1-12-4-2-6-16-17(12)22-20(27-16)23-18(25)15-5-3-11-24(15)19(26)13-7-9-14(21)10-8-13/h2,4,6-10,15H,3,5,11H2,1H3,(H,22,23,25). The van der Waals surface area contributed by atoms with E-state index in [4.69, 9.17) is 0 Å². The molecule has 4 rings (SSSR count). The number of nitrogens with one attached hydrogen (secondary N) is 1. The molecule has 0 radical (unpaired) electrons. The average molecular weight is 444 g/mol. The van der Waals surface area contributed by atoms with E-state index >= 15 is 0 Å². The summed E-state index contributed by atoms with van der Waals surface area (Å²) < 4.78 is 1.96. The van der Waals surface area contributed by atoms with Crippen molar-refractivity contribution in [1.29, 1.82) is 0 Å². The molecule has 2 aromatic carbocycles. The average Bonchev–Trinajstić information content (AvgIpc) is 3.29. The van der Waals surface area contributed by atoms with E-state index in [0.29, 0.717) is 23.7 Å². The molecule has 1 aliphatic heterocycles. The summed E-state index contributed by atoms with van der Waals surface area (Å²) >= 11 is 4.83. The third kappa shape index (κ3) is 3.61. The summed E-state index contributed by atoms with van der Waals surface area (Å²) in [5, 5.41) is 3.49. The monoisotopic (exact) mass is 443 g/mol. The predicted octanol–water partition coefficient (Wildman–Crippen LogP) is 4.61. The van der Waals surface area contributed by atoms with Crippen molar-refractivity contribution in [2.75, 3.05) is 11.9 Å². The Bertz CT molecular complexity index is 1020. The number of rotatable bonds is 3. The van der Waals surface area contributed by atoms with Crippen molar-refractivity contribution in [1.82, 2.24) is 9.88 Å². The van der Waals surface area contributed by atoms with Gasteiger partial charge in [-0.15, -0.1) is 0 Å². The number of hydrogen-bond acceptors (Lipinski definition) is 4. The number of thiazole rings is 1. The van der Waals surface area contributed by atoms with Gasteiger partial charge in [-0.25, -0.2) is 4.98 Å². The summed E-state index contributed by atoms with van der Waals surface area (Å²) in [6, 6.07) is 12.7.